The average Bonchev–Trinajstić information content (AvgIpc) is 2.95. The minimum Gasteiger partial charge on any atom is -0.256 e. The molecule has 0 aliphatic heterocycles. The predicted octanol–water partition coefficient (Wildman–Crippen LogP) is 8.83. The molecule has 0 unspecified atom stereocenters. The summed E-state index contributed by atoms with van der Waals surface area (Å²) in [6.07, 6.45) is 8.74. The summed E-state index contributed by atoms with van der Waals surface area (Å²) in [5.74, 6) is 0. The van der Waals surface area contributed by atoms with Crippen LogP contribution >= 0.6 is 0 Å². The second kappa shape index (κ2) is 7.93. The molecule has 3 heteroatoms. The van der Waals surface area contributed by atoms with E-state index in [1.165, 1.54) is 43.6 Å². The summed E-state index contributed by atoms with van der Waals surface area (Å²) in [5, 5.41) is 7.28. The van der Waals surface area contributed by atoms with Crippen molar-refractivity contribution in [2.45, 2.75) is 26.7 Å². The molecule has 0 atom stereocenters. The monoisotopic (exact) mass is 487 g/mol. The molecule has 0 radical (unpaired) electrons. The van der Waals surface area contributed by atoms with Gasteiger partial charge in [-0.1, -0.05) is 60.7 Å². The van der Waals surface area contributed by atoms with Crippen LogP contribution in [-0.4, -0.2) is 15.0 Å². The van der Waals surface area contributed by atoms with Gasteiger partial charge in [0.1, 0.15) is 0 Å². The molecule has 0 saturated carbocycles. The Kier molecular flexibility index (Phi) is 4.48. The molecule has 1 aliphatic rings. The van der Waals surface area contributed by atoms with Crippen molar-refractivity contribution >= 4 is 49.4 Å². The van der Waals surface area contributed by atoms with Crippen molar-refractivity contribution in [2.24, 2.45) is 0 Å². The number of benzene rings is 4. The van der Waals surface area contributed by atoms with Crippen LogP contribution in [-0.2, 0) is 6.42 Å². The quantitative estimate of drug-likeness (QED) is 0.229. The molecule has 7 aromatic rings. The Morgan fingerprint density at radius 2 is 1.50 bits per heavy atom. The third-order valence-corrected chi connectivity index (χ3v) is 8.16. The number of hydrogen-bond donors (Lipinski definition) is 0. The maximum absolute atomic E-state index is 5.03. The Morgan fingerprint density at radius 1 is 0.684 bits per heavy atom. The lowest BCUT2D eigenvalue weighted by Gasteiger charge is -2.18. The first-order chi connectivity index (χ1) is 18.7. The van der Waals surface area contributed by atoms with Crippen molar-refractivity contribution in [1.29, 1.82) is 0 Å². The smallest absolute Gasteiger partial charge is 0.0725 e. The fourth-order valence-corrected chi connectivity index (χ4v) is 6.36. The van der Waals surface area contributed by atoms with E-state index in [1.54, 1.807) is 0 Å². The fourth-order valence-electron chi connectivity index (χ4n) is 6.36. The van der Waals surface area contributed by atoms with E-state index in [0.29, 0.717) is 0 Å². The van der Waals surface area contributed by atoms with Gasteiger partial charge >= 0.3 is 0 Å². The zero-order valence-corrected chi connectivity index (χ0v) is 21.4. The minimum absolute atomic E-state index is 1.01. The van der Waals surface area contributed by atoms with E-state index in [4.69, 9.17) is 15.0 Å². The van der Waals surface area contributed by atoms with Crippen LogP contribution in [0.2, 0.25) is 0 Å². The molecule has 0 amide bonds. The van der Waals surface area contributed by atoms with E-state index in [-0.39, 0.29) is 0 Å². The topological polar surface area (TPSA) is 38.7 Å². The third-order valence-electron chi connectivity index (χ3n) is 8.16. The van der Waals surface area contributed by atoms with Gasteiger partial charge in [0.25, 0.3) is 0 Å². The summed E-state index contributed by atoms with van der Waals surface area (Å²) in [6, 6.07) is 26.2. The summed E-state index contributed by atoms with van der Waals surface area (Å²) >= 11 is 0. The van der Waals surface area contributed by atoms with Crippen molar-refractivity contribution < 1.29 is 0 Å². The van der Waals surface area contributed by atoms with Gasteiger partial charge in [-0.15, -0.1) is 0 Å². The largest absolute Gasteiger partial charge is 0.256 e. The van der Waals surface area contributed by atoms with Gasteiger partial charge in [-0.05, 0) is 78.4 Å². The van der Waals surface area contributed by atoms with E-state index in [0.717, 1.165) is 57.5 Å². The normalized spacial score (nSPS) is 13.2. The number of allylic oxidation sites excluding steroid dienone is 1. The van der Waals surface area contributed by atoms with Crippen LogP contribution in [0.15, 0.2) is 85.1 Å². The summed E-state index contributed by atoms with van der Waals surface area (Å²) in [7, 11) is 0. The standard InChI is InChI=1S/C35H25N3/c1-20-26-12-7-13-31-34(26)35-29(21(2)37-31)17-25(18-32(35)38-20)24-14-15-30(36-19-24)33-27-10-5-3-8-22(27)16-23-9-4-6-11-28(23)33/h3,5-8,10-19H,4,9H2,1-2H3. The molecular formula is C35H25N3. The first-order valence-electron chi connectivity index (χ1n) is 13.3. The van der Waals surface area contributed by atoms with Crippen molar-refractivity contribution in [3.8, 4) is 22.4 Å². The van der Waals surface area contributed by atoms with Crippen LogP contribution in [0.5, 0.6) is 0 Å². The highest BCUT2D eigenvalue weighted by Gasteiger charge is 2.18. The van der Waals surface area contributed by atoms with E-state index >= 15 is 0 Å². The molecule has 3 nitrogen and oxygen atoms in total. The molecule has 0 spiro atoms. The van der Waals surface area contributed by atoms with Crippen molar-refractivity contribution in [1.82, 2.24) is 15.0 Å². The zero-order chi connectivity index (χ0) is 25.4. The first-order valence-corrected chi connectivity index (χ1v) is 13.3. The lowest BCUT2D eigenvalue weighted by Crippen LogP contribution is -1.99. The minimum atomic E-state index is 1.01. The van der Waals surface area contributed by atoms with E-state index in [2.05, 4.69) is 98.8 Å². The summed E-state index contributed by atoms with van der Waals surface area (Å²) < 4.78 is 0. The number of rotatable bonds is 2. The first kappa shape index (κ1) is 21.5. The summed E-state index contributed by atoms with van der Waals surface area (Å²) in [5.41, 5.74) is 11.3. The zero-order valence-electron chi connectivity index (χ0n) is 21.4. The van der Waals surface area contributed by atoms with Gasteiger partial charge in [0, 0.05) is 50.3 Å². The molecular weight excluding hydrogens is 462 g/mol. The predicted molar refractivity (Wildman–Crippen MR) is 159 cm³/mol. The molecule has 8 rings (SSSR count). The Hall–Kier alpha value is -4.63. The Bertz CT molecular complexity index is 2080. The number of pyridine rings is 3. The van der Waals surface area contributed by atoms with Gasteiger partial charge in [-0.25, -0.2) is 0 Å². The van der Waals surface area contributed by atoms with Gasteiger partial charge in [-0.2, -0.15) is 0 Å². The van der Waals surface area contributed by atoms with Crippen LogP contribution in [0.4, 0.5) is 0 Å². The second-order valence-corrected chi connectivity index (χ2v) is 10.4. The van der Waals surface area contributed by atoms with Crippen LogP contribution in [0.3, 0.4) is 0 Å². The highest BCUT2D eigenvalue weighted by Crippen LogP contribution is 2.40. The molecule has 180 valence electrons. The second-order valence-electron chi connectivity index (χ2n) is 10.4. The Morgan fingerprint density at radius 3 is 2.39 bits per heavy atom. The van der Waals surface area contributed by atoms with Gasteiger partial charge in [0.15, 0.2) is 0 Å². The molecule has 1 aliphatic carbocycles. The Labute approximate surface area is 220 Å². The lowest BCUT2D eigenvalue weighted by molar-refractivity contribution is 0.989. The van der Waals surface area contributed by atoms with E-state index in [1.807, 2.05) is 6.20 Å². The van der Waals surface area contributed by atoms with Crippen LogP contribution in [0, 0.1) is 13.8 Å². The molecule has 0 fully saturated rings. The van der Waals surface area contributed by atoms with Gasteiger partial charge in [0.2, 0.25) is 0 Å². The molecule has 0 N–H and O–H groups in total. The molecule has 3 aromatic heterocycles. The average molecular weight is 488 g/mol. The van der Waals surface area contributed by atoms with E-state index in [9.17, 15) is 0 Å². The molecule has 4 aromatic carbocycles. The highest BCUT2D eigenvalue weighted by molar-refractivity contribution is 6.22. The summed E-state index contributed by atoms with van der Waals surface area (Å²) in [4.78, 5) is 15.0. The maximum atomic E-state index is 5.03. The van der Waals surface area contributed by atoms with Crippen molar-refractivity contribution in [3.05, 3.63) is 108 Å². The number of hydrogen-bond acceptors (Lipinski definition) is 3. The Balaban J connectivity index is 1.32. The van der Waals surface area contributed by atoms with Crippen molar-refractivity contribution in [2.75, 3.05) is 0 Å². The fraction of sp³-hybridized carbons (Fsp3) is 0.114. The number of aromatic nitrogens is 3. The summed E-state index contributed by atoms with van der Waals surface area (Å²) in [6.45, 7) is 4.18. The number of aryl methyl sites for hydroxylation is 3. The molecule has 0 saturated heterocycles. The molecule has 0 bridgehead atoms. The van der Waals surface area contributed by atoms with Gasteiger partial charge in [-0.3, -0.25) is 15.0 Å². The van der Waals surface area contributed by atoms with Gasteiger partial charge in [0.05, 0.1) is 16.7 Å². The van der Waals surface area contributed by atoms with Gasteiger partial charge < -0.3 is 0 Å². The van der Waals surface area contributed by atoms with Crippen molar-refractivity contribution in [3.63, 3.8) is 0 Å². The maximum Gasteiger partial charge on any atom is 0.0725 e. The number of fused-ring (bicyclic) bond motifs is 2. The van der Waals surface area contributed by atoms with Crippen LogP contribution < -0.4 is 0 Å². The van der Waals surface area contributed by atoms with E-state index < -0.39 is 0 Å². The molecule has 3 heterocycles. The van der Waals surface area contributed by atoms with Crippen LogP contribution in [0.25, 0.3) is 71.8 Å². The third kappa shape index (κ3) is 3.05. The van der Waals surface area contributed by atoms with Crippen LogP contribution in [0.1, 0.15) is 28.9 Å². The SMILES string of the molecule is Cc1nc2cc(-c3ccc(-c4c5c(cc6ccccc46)CCC=C5)nc3)cc3c(C)nc4cccc1c4c23. The highest BCUT2D eigenvalue weighted by atomic mass is 14.7. The lowest BCUT2D eigenvalue weighted by atomic mass is 9.87. The molecule has 38 heavy (non-hydrogen) atoms. The number of nitrogens with zero attached hydrogens (tertiary/aromatic N) is 3.